The highest BCUT2D eigenvalue weighted by molar-refractivity contribution is 6.12. The lowest BCUT2D eigenvalue weighted by atomic mass is 10.0. The molecule has 0 atom stereocenters. The summed E-state index contributed by atoms with van der Waals surface area (Å²) in [6, 6.07) is 20.8. The Hall–Kier alpha value is -4.86. The number of aromatic nitrogens is 3. The minimum atomic E-state index is -0.679. The number of para-hydroxylation sites is 1. The molecular formula is C22H13N5O5. The fraction of sp³-hybridized carbons (Fsp3) is 0. The van der Waals surface area contributed by atoms with Crippen molar-refractivity contribution in [3.63, 3.8) is 0 Å². The van der Waals surface area contributed by atoms with Gasteiger partial charge < -0.3 is 8.83 Å². The van der Waals surface area contributed by atoms with Crippen molar-refractivity contribution in [3.8, 4) is 22.9 Å². The molecule has 0 fully saturated rings. The van der Waals surface area contributed by atoms with Gasteiger partial charge in [0.2, 0.25) is 0 Å². The topological polar surface area (TPSA) is 137 Å². The summed E-state index contributed by atoms with van der Waals surface area (Å²) in [7, 11) is 0. The summed E-state index contributed by atoms with van der Waals surface area (Å²) >= 11 is 0. The van der Waals surface area contributed by atoms with Crippen LogP contribution in [0.25, 0.3) is 33.8 Å². The Balaban J connectivity index is 1.47. The molecule has 0 aliphatic rings. The number of fused-ring (bicyclic) bond motifs is 1. The number of carbonyl (C=O) groups is 1. The van der Waals surface area contributed by atoms with Crippen LogP contribution in [0.4, 0.5) is 11.9 Å². The molecule has 2 aromatic carbocycles. The molecule has 1 N–H and O–H groups in total. The van der Waals surface area contributed by atoms with E-state index in [4.69, 9.17) is 8.83 Å². The van der Waals surface area contributed by atoms with Gasteiger partial charge in [-0.15, -0.1) is 5.10 Å². The first-order valence-corrected chi connectivity index (χ1v) is 9.43. The molecule has 5 rings (SSSR count). The van der Waals surface area contributed by atoms with Crippen LogP contribution in [0.2, 0.25) is 0 Å². The SMILES string of the molecule is O=C(Nc1nnc(-c2ccc([N+](=O)[O-])o2)o1)c1cc(-c2ccccc2)nc2ccccc12. The summed E-state index contributed by atoms with van der Waals surface area (Å²) in [5, 5.41) is 21.5. The highest BCUT2D eigenvalue weighted by Gasteiger charge is 2.20. The van der Waals surface area contributed by atoms with E-state index in [1.807, 2.05) is 48.5 Å². The second-order valence-electron chi connectivity index (χ2n) is 6.70. The van der Waals surface area contributed by atoms with E-state index in [0.29, 0.717) is 22.2 Å². The molecule has 3 aromatic heterocycles. The number of hydrogen-bond donors (Lipinski definition) is 1. The first kappa shape index (κ1) is 19.1. The van der Waals surface area contributed by atoms with E-state index in [2.05, 4.69) is 20.5 Å². The van der Waals surface area contributed by atoms with E-state index in [9.17, 15) is 14.9 Å². The number of anilines is 1. The highest BCUT2D eigenvalue weighted by atomic mass is 16.6. The van der Waals surface area contributed by atoms with E-state index in [-0.39, 0.29) is 17.7 Å². The fourth-order valence-corrected chi connectivity index (χ4v) is 3.20. The summed E-state index contributed by atoms with van der Waals surface area (Å²) in [6.45, 7) is 0. The maximum absolute atomic E-state index is 13.1. The number of carbonyl (C=O) groups excluding carboxylic acids is 1. The molecule has 0 bridgehead atoms. The van der Waals surface area contributed by atoms with Crippen molar-refractivity contribution in [3.05, 3.63) is 88.5 Å². The standard InChI is InChI=1S/C22H13N5O5/c28-20(24-22-26-25-21(32-22)18-10-11-19(31-18)27(29)30)15-12-17(13-6-2-1-3-7-13)23-16-9-5-4-8-14(15)16/h1-12H,(H,24,26,28). The fourth-order valence-electron chi connectivity index (χ4n) is 3.20. The molecular weight excluding hydrogens is 414 g/mol. The van der Waals surface area contributed by atoms with Gasteiger partial charge in [0.25, 0.3) is 11.8 Å². The van der Waals surface area contributed by atoms with Crippen molar-refractivity contribution >= 4 is 28.7 Å². The summed E-state index contributed by atoms with van der Waals surface area (Å²) in [5.41, 5.74) is 2.55. The highest BCUT2D eigenvalue weighted by Crippen LogP contribution is 2.28. The maximum atomic E-state index is 13.1. The smallest absolute Gasteiger partial charge is 0.400 e. The van der Waals surface area contributed by atoms with Gasteiger partial charge in [-0.1, -0.05) is 53.6 Å². The number of pyridine rings is 1. The van der Waals surface area contributed by atoms with Crippen LogP contribution in [-0.4, -0.2) is 26.0 Å². The number of nitrogens with one attached hydrogen (secondary N) is 1. The molecule has 5 aromatic rings. The van der Waals surface area contributed by atoms with Gasteiger partial charge >= 0.3 is 11.9 Å². The lowest BCUT2D eigenvalue weighted by Gasteiger charge is -2.09. The van der Waals surface area contributed by atoms with Gasteiger partial charge in [-0.3, -0.25) is 20.2 Å². The molecule has 0 spiro atoms. The molecule has 1 amide bonds. The van der Waals surface area contributed by atoms with Crippen LogP contribution >= 0.6 is 0 Å². The molecule has 32 heavy (non-hydrogen) atoms. The van der Waals surface area contributed by atoms with E-state index in [0.717, 1.165) is 5.56 Å². The zero-order valence-electron chi connectivity index (χ0n) is 16.3. The maximum Gasteiger partial charge on any atom is 0.433 e. The Morgan fingerprint density at radius 2 is 1.72 bits per heavy atom. The molecule has 156 valence electrons. The van der Waals surface area contributed by atoms with Crippen molar-refractivity contribution in [2.75, 3.05) is 5.32 Å². The number of furan rings is 1. The van der Waals surface area contributed by atoms with E-state index in [1.54, 1.807) is 12.1 Å². The van der Waals surface area contributed by atoms with E-state index >= 15 is 0 Å². The third-order valence-electron chi connectivity index (χ3n) is 4.66. The second kappa shape index (κ2) is 7.76. The Morgan fingerprint density at radius 1 is 0.938 bits per heavy atom. The first-order valence-electron chi connectivity index (χ1n) is 9.43. The van der Waals surface area contributed by atoms with Crippen molar-refractivity contribution < 1.29 is 18.6 Å². The summed E-state index contributed by atoms with van der Waals surface area (Å²) in [5.74, 6) is -1.01. The summed E-state index contributed by atoms with van der Waals surface area (Å²) in [4.78, 5) is 27.8. The van der Waals surface area contributed by atoms with Crippen LogP contribution in [0.5, 0.6) is 0 Å². The minimum absolute atomic E-state index is 0.0189. The van der Waals surface area contributed by atoms with Crippen molar-refractivity contribution in [1.29, 1.82) is 0 Å². The first-order chi connectivity index (χ1) is 15.6. The number of benzene rings is 2. The molecule has 10 nitrogen and oxygen atoms in total. The number of hydrogen-bond acceptors (Lipinski definition) is 8. The van der Waals surface area contributed by atoms with Crippen LogP contribution in [0.1, 0.15) is 10.4 Å². The monoisotopic (exact) mass is 427 g/mol. The van der Waals surface area contributed by atoms with Crippen LogP contribution in [0.3, 0.4) is 0 Å². The molecule has 0 unspecified atom stereocenters. The lowest BCUT2D eigenvalue weighted by molar-refractivity contribution is -0.401. The van der Waals surface area contributed by atoms with Gasteiger partial charge in [-0.2, -0.15) is 0 Å². The zero-order valence-corrected chi connectivity index (χ0v) is 16.3. The minimum Gasteiger partial charge on any atom is -0.400 e. The molecule has 3 heterocycles. The number of amides is 1. The average molecular weight is 427 g/mol. The van der Waals surface area contributed by atoms with Crippen LogP contribution in [0.15, 0.2) is 81.6 Å². The Kier molecular flexibility index (Phi) is 4.64. The van der Waals surface area contributed by atoms with E-state index in [1.165, 1.54) is 12.1 Å². The summed E-state index contributed by atoms with van der Waals surface area (Å²) < 4.78 is 10.4. The average Bonchev–Trinajstić information content (AvgIpc) is 3.49. The predicted octanol–water partition coefficient (Wildman–Crippen LogP) is 4.71. The Morgan fingerprint density at radius 3 is 2.50 bits per heavy atom. The van der Waals surface area contributed by atoms with Gasteiger partial charge in [0.05, 0.1) is 22.8 Å². The quantitative estimate of drug-likeness (QED) is 0.314. The largest absolute Gasteiger partial charge is 0.433 e. The molecule has 10 heteroatoms. The molecule has 0 aliphatic carbocycles. The number of rotatable bonds is 5. The van der Waals surface area contributed by atoms with Crippen LogP contribution in [-0.2, 0) is 0 Å². The Bertz CT molecular complexity index is 1460. The van der Waals surface area contributed by atoms with Gasteiger partial charge in [0.1, 0.15) is 4.92 Å². The van der Waals surface area contributed by atoms with Gasteiger partial charge in [-0.05, 0) is 18.2 Å². The lowest BCUT2D eigenvalue weighted by Crippen LogP contribution is -2.13. The molecule has 0 saturated heterocycles. The number of nitro groups is 1. The van der Waals surface area contributed by atoms with Gasteiger partial charge in [0, 0.05) is 10.9 Å². The van der Waals surface area contributed by atoms with Crippen molar-refractivity contribution in [1.82, 2.24) is 15.2 Å². The second-order valence-corrected chi connectivity index (χ2v) is 6.70. The third-order valence-corrected chi connectivity index (χ3v) is 4.66. The molecule has 0 saturated carbocycles. The summed E-state index contributed by atoms with van der Waals surface area (Å²) in [6.07, 6.45) is 0. The van der Waals surface area contributed by atoms with Crippen LogP contribution in [0, 0.1) is 10.1 Å². The zero-order chi connectivity index (χ0) is 22.1. The third kappa shape index (κ3) is 3.56. The van der Waals surface area contributed by atoms with Crippen molar-refractivity contribution in [2.45, 2.75) is 0 Å². The van der Waals surface area contributed by atoms with Crippen LogP contribution < -0.4 is 5.32 Å². The normalized spacial score (nSPS) is 10.9. The van der Waals surface area contributed by atoms with Crippen molar-refractivity contribution in [2.24, 2.45) is 0 Å². The molecule has 0 aliphatic heterocycles. The molecule has 0 radical (unpaired) electrons. The van der Waals surface area contributed by atoms with E-state index < -0.39 is 16.7 Å². The Labute approximate surface area is 179 Å². The van der Waals surface area contributed by atoms with Gasteiger partial charge in [-0.25, -0.2) is 4.98 Å². The predicted molar refractivity (Wildman–Crippen MR) is 114 cm³/mol. The van der Waals surface area contributed by atoms with Gasteiger partial charge in [0.15, 0.2) is 5.76 Å². The number of nitrogens with zero attached hydrogens (tertiary/aromatic N) is 4.